The van der Waals surface area contributed by atoms with Crippen LogP contribution in [0.1, 0.15) is 44.4 Å². The van der Waals surface area contributed by atoms with Crippen LogP contribution >= 0.6 is 11.6 Å². The maximum absolute atomic E-state index is 11.5. The summed E-state index contributed by atoms with van der Waals surface area (Å²) in [6.45, 7) is 15.0. The van der Waals surface area contributed by atoms with Crippen molar-refractivity contribution in [1.82, 2.24) is 0 Å². The summed E-state index contributed by atoms with van der Waals surface area (Å²) in [4.78, 5) is 21.0. The number of benzene rings is 2. The Morgan fingerprint density at radius 3 is 2.53 bits per heavy atom. The Balaban J connectivity index is 2.43. The molecule has 0 aromatic heterocycles. The number of halogens is 1. The van der Waals surface area contributed by atoms with Crippen molar-refractivity contribution in [3.05, 3.63) is 71.3 Å². The number of rotatable bonds is 10. The summed E-state index contributed by atoms with van der Waals surface area (Å²) < 4.78 is 5.65. The summed E-state index contributed by atoms with van der Waals surface area (Å²) in [5, 5.41) is 11.2. The highest BCUT2D eigenvalue weighted by molar-refractivity contribution is 6.32. The fourth-order valence-corrected chi connectivity index (χ4v) is 3.40. The Morgan fingerprint density at radius 1 is 1.32 bits per heavy atom. The van der Waals surface area contributed by atoms with Gasteiger partial charge in [0.25, 0.3) is 0 Å². The quantitative estimate of drug-likeness (QED) is 0.189. The van der Waals surface area contributed by atoms with E-state index in [1.165, 1.54) is 5.01 Å². The molecule has 2 rings (SSSR count). The van der Waals surface area contributed by atoms with E-state index in [1.807, 2.05) is 13.8 Å². The van der Waals surface area contributed by atoms with Crippen LogP contribution in [-0.4, -0.2) is 29.6 Å². The minimum atomic E-state index is -1.07. The Labute approximate surface area is 205 Å². The molecule has 0 aliphatic rings. The summed E-state index contributed by atoms with van der Waals surface area (Å²) >= 11 is 6.33. The van der Waals surface area contributed by atoms with Gasteiger partial charge in [-0.25, -0.2) is 10.8 Å². The van der Waals surface area contributed by atoms with Crippen LogP contribution < -0.4 is 21.5 Å². The molecule has 0 aliphatic heterocycles. The normalized spacial score (nSPS) is 11.8. The number of nitrogens with zero attached hydrogens (tertiary/aromatic N) is 2. The third-order valence-electron chi connectivity index (χ3n) is 4.94. The van der Waals surface area contributed by atoms with Gasteiger partial charge in [-0.3, -0.25) is 4.79 Å². The van der Waals surface area contributed by atoms with Gasteiger partial charge in [0.15, 0.2) is 0 Å². The highest BCUT2D eigenvalue weighted by Crippen LogP contribution is 2.31. The molecule has 34 heavy (non-hydrogen) atoms. The van der Waals surface area contributed by atoms with E-state index in [1.54, 1.807) is 56.3 Å². The molecular weight excluding hydrogens is 456 g/mol. The molecule has 0 saturated carbocycles. The van der Waals surface area contributed by atoms with Gasteiger partial charge >= 0.3 is 5.97 Å². The van der Waals surface area contributed by atoms with Crippen molar-refractivity contribution in [2.24, 2.45) is 22.1 Å². The molecule has 182 valence electrons. The molecular formula is C25H31ClN4O4. The summed E-state index contributed by atoms with van der Waals surface area (Å²) in [7, 11) is 0. The van der Waals surface area contributed by atoms with Gasteiger partial charge in [-0.05, 0) is 52.0 Å². The van der Waals surface area contributed by atoms with Gasteiger partial charge in [0.1, 0.15) is 5.75 Å². The van der Waals surface area contributed by atoms with Crippen LogP contribution in [0.25, 0.3) is 11.8 Å². The zero-order valence-corrected chi connectivity index (χ0v) is 20.6. The number of hydrogen-bond acceptors (Lipinski definition) is 7. The predicted octanol–water partition coefficient (Wildman–Crippen LogP) is 4.87. The van der Waals surface area contributed by atoms with Crippen molar-refractivity contribution in [1.29, 1.82) is 0 Å². The SMILES string of the molecule is C=Cc1c(C(=C)N=C(ON)c2ccc(OC(C)C)c(Cl)c2)cccc1N(N)CC(C)(C)C(=O)O. The molecule has 0 spiro atoms. The second-order valence-corrected chi connectivity index (χ2v) is 8.96. The topological polar surface area (TPSA) is 123 Å². The van der Waals surface area contributed by atoms with Gasteiger partial charge in [-0.1, -0.05) is 43.0 Å². The minimum absolute atomic E-state index is 0.0326. The summed E-state index contributed by atoms with van der Waals surface area (Å²) in [6, 6.07) is 10.4. The number of hydrogen-bond donors (Lipinski definition) is 3. The van der Waals surface area contributed by atoms with Crippen LogP contribution in [0.4, 0.5) is 5.69 Å². The number of nitrogens with two attached hydrogens (primary N) is 2. The van der Waals surface area contributed by atoms with Crippen molar-refractivity contribution in [3.63, 3.8) is 0 Å². The van der Waals surface area contributed by atoms with Crippen LogP contribution in [0.3, 0.4) is 0 Å². The smallest absolute Gasteiger partial charge is 0.310 e. The zero-order chi connectivity index (χ0) is 25.6. The average molecular weight is 487 g/mol. The van der Waals surface area contributed by atoms with Crippen LogP contribution in [0.5, 0.6) is 5.75 Å². The molecule has 0 atom stereocenters. The van der Waals surface area contributed by atoms with E-state index < -0.39 is 11.4 Å². The number of ether oxygens (including phenoxy) is 1. The second-order valence-electron chi connectivity index (χ2n) is 8.55. The van der Waals surface area contributed by atoms with E-state index >= 15 is 0 Å². The van der Waals surface area contributed by atoms with Crippen LogP contribution in [0, 0.1) is 5.41 Å². The maximum Gasteiger partial charge on any atom is 0.310 e. The van der Waals surface area contributed by atoms with Crippen molar-refractivity contribution in [3.8, 4) is 5.75 Å². The fourth-order valence-electron chi connectivity index (χ4n) is 3.17. The average Bonchev–Trinajstić information content (AvgIpc) is 2.77. The van der Waals surface area contributed by atoms with E-state index in [0.717, 1.165) is 0 Å². The van der Waals surface area contributed by atoms with Gasteiger partial charge < -0.3 is 19.7 Å². The van der Waals surface area contributed by atoms with E-state index in [0.29, 0.717) is 38.8 Å². The lowest BCUT2D eigenvalue weighted by Gasteiger charge is -2.29. The Morgan fingerprint density at radius 2 is 2.00 bits per heavy atom. The van der Waals surface area contributed by atoms with Crippen LogP contribution in [0.15, 0.2) is 54.5 Å². The third-order valence-corrected chi connectivity index (χ3v) is 5.24. The van der Waals surface area contributed by atoms with E-state index in [2.05, 4.69) is 18.2 Å². The number of carboxylic acid groups (broad SMARTS) is 1. The lowest BCUT2D eigenvalue weighted by Crippen LogP contribution is -2.43. The zero-order valence-electron chi connectivity index (χ0n) is 19.8. The van der Waals surface area contributed by atoms with Crippen molar-refractivity contribution in [2.75, 3.05) is 11.6 Å². The van der Waals surface area contributed by atoms with Crippen molar-refractivity contribution >= 4 is 40.9 Å². The second kappa shape index (κ2) is 11.2. The molecule has 9 heteroatoms. The van der Waals surface area contributed by atoms with Gasteiger partial charge in [0.2, 0.25) is 5.90 Å². The number of aliphatic imine (C=N–C) groups is 1. The number of anilines is 1. The lowest BCUT2D eigenvalue weighted by atomic mass is 9.93. The molecule has 0 unspecified atom stereocenters. The highest BCUT2D eigenvalue weighted by Gasteiger charge is 2.30. The minimum Gasteiger partial charge on any atom is -0.489 e. The summed E-state index contributed by atoms with van der Waals surface area (Å²) in [5.41, 5.74) is 1.63. The highest BCUT2D eigenvalue weighted by atomic mass is 35.5. The van der Waals surface area contributed by atoms with Gasteiger partial charge in [0, 0.05) is 23.2 Å². The molecule has 2 aromatic carbocycles. The number of hydrazine groups is 1. The number of carboxylic acids is 1. The van der Waals surface area contributed by atoms with Gasteiger partial charge in [-0.15, -0.1) is 0 Å². The van der Waals surface area contributed by atoms with Crippen LogP contribution in [0.2, 0.25) is 5.02 Å². The molecule has 0 saturated heterocycles. The first-order valence-electron chi connectivity index (χ1n) is 10.5. The van der Waals surface area contributed by atoms with Crippen molar-refractivity contribution < 1.29 is 19.5 Å². The third kappa shape index (κ3) is 6.38. The molecule has 2 aromatic rings. The molecule has 0 fully saturated rings. The molecule has 5 N–H and O–H groups in total. The lowest BCUT2D eigenvalue weighted by molar-refractivity contribution is -0.146. The van der Waals surface area contributed by atoms with E-state index in [9.17, 15) is 9.90 Å². The first-order valence-corrected chi connectivity index (χ1v) is 10.9. The van der Waals surface area contributed by atoms with E-state index in [4.69, 9.17) is 32.9 Å². The molecule has 0 heterocycles. The largest absolute Gasteiger partial charge is 0.489 e. The molecule has 0 aliphatic carbocycles. The first kappa shape index (κ1) is 26.9. The monoisotopic (exact) mass is 486 g/mol. The predicted molar refractivity (Wildman–Crippen MR) is 138 cm³/mol. The summed E-state index contributed by atoms with van der Waals surface area (Å²) in [6.07, 6.45) is 1.58. The number of carbonyl (C=O) groups is 1. The summed E-state index contributed by atoms with van der Waals surface area (Å²) in [5.74, 6) is 11.4. The molecule has 0 bridgehead atoms. The molecule has 0 amide bonds. The molecule has 8 nitrogen and oxygen atoms in total. The van der Waals surface area contributed by atoms with Gasteiger partial charge in [0.05, 0.1) is 27.9 Å². The van der Waals surface area contributed by atoms with Crippen LogP contribution in [-0.2, 0) is 9.63 Å². The Hall–Kier alpha value is -3.33. The standard InChI is InChI=1S/C25H31ClN4O4/c1-7-18-19(9-8-10-21(18)30(27)14-25(5,6)24(31)32)16(4)29-23(34-28)17-11-12-22(20(26)13-17)33-15(2)3/h7-13,15H,1,4,14,27-28H2,2-3,5-6H3,(H,31,32). The Kier molecular flexibility index (Phi) is 8.86. The molecule has 0 radical (unpaired) electrons. The number of aliphatic carboxylic acids is 1. The fraction of sp³-hybridized carbons (Fsp3) is 0.280. The first-order chi connectivity index (χ1) is 15.9. The van der Waals surface area contributed by atoms with E-state index in [-0.39, 0.29) is 18.5 Å². The maximum atomic E-state index is 11.5. The van der Waals surface area contributed by atoms with Gasteiger partial charge in [-0.2, -0.15) is 5.90 Å². The Bertz CT molecular complexity index is 1110. The van der Waals surface area contributed by atoms with Crippen molar-refractivity contribution in [2.45, 2.75) is 33.8 Å².